The molecule has 1 atom stereocenters. The minimum Gasteiger partial charge on any atom is -0.485 e. The number of nitro benzene ring substituents is 1. The molecule has 98 valence electrons. The monoisotopic (exact) mass is 341 g/mol. The molecule has 9 heteroatoms. The van der Waals surface area contributed by atoms with Gasteiger partial charge in [0.15, 0.2) is 11.1 Å². The highest BCUT2D eigenvalue weighted by Gasteiger charge is 2.21. The summed E-state index contributed by atoms with van der Waals surface area (Å²) in [7, 11) is 0. The molecular weight excluding hydrogens is 336 g/mol. The normalized spacial score (nSPS) is 11.9. The molecular formula is C9H6BrClFNO5. The molecule has 0 heterocycles. The topological polar surface area (TPSA) is 89.7 Å². The summed E-state index contributed by atoms with van der Waals surface area (Å²) in [5.41, 5.74) is -0.488. The van der Waals surface area contributed by atoms with Gasteiger partial charge in [-0.1, -0.05) is 0 Å². The van der Waals surface area contributed by atoms with Crippen molar-refractivity contribution in [3.8, 4) is 5.75 Å². The SMILES string of the molecule is O=C(O)C(Cl)COc1cc(F)c(Br)cc1[N+](=O)[O-]. The summed E-state index contributed by atoms with van der Waals surface area (Å²) in [6.07, 6.45) is 0. The number of rotatable bonds is 5. The third-order valence-corrected chi connectivity index (χ3v) is 2.77. The first-order chi connectivity index (χ1) is 8.32. The Labute approximate surface area is 114 Å². The number of alkyl halides is 1. The zero-order valence-corrected chi connectivity index (χ0v) is 10.9. The summed E-state index contributed by atoms with van der Waals surface area (Å²) >= 11 is 8.17. The fraction of sp³-hybridized carbons (Fsp3) is 0.222. The Morgan fingerprint density at radius 2 is 2.28 bits per heavy atom. The standard InChI is InChI=1S/C9H6BrClFNO5/c10-4-1-7(13(16)17)8(2-6(4)12)18-3-5(11)9(14)15/h1-2,5H,3H2,(H,14,15). The van der Waals surface area contributed by atoms with Crippen molar-refractivity contribution in [3.05, 3.63) is 32.5 Å². The Hall–Kier alpha value is -1.41. The van der Waals surface area contributed by atoms with Crippen LogP contribution in [0.15, 0.2) is 16.6 Å². The quantitative estimate of drug-likeness (QED) is 0.504. The zero-order valence-electron chi connectivity index (χ0n) is 8.60. The van der Waals surface area contributed by atoms with Gasteiger partial charge in [-0.25, -0.2) is 4.39 Å². The van der Waals surface area contributed by atoms with E-state index in [9.17, 15) is 19.3 Å². The highest BCUT2D eigenvalue weighted by Crippen LogP contribution is 2.32. The van der Waals surface area contributed by atoms with Crippen molar-refractivity contribution in [2.45, 2.75) is 5.38 Å². The van der Waals surface area contributed by atoms with E-state index in [0.717, 1.165) is 12.1 Å². The van der Waals surface area contributed by atoms with Crippen LogP contribution in [0, 0.1) is 15.9 Å². The minimum atomic E-state index is -1.38. The van der Waals surface area contributed by atoms with Crippen LogP contribution in [0.5, 0.6) is 5.75 Å². The maximum atomic E-state index is 13.2. The number of nitro groups is 1. The van der Waals surface area contributed by atoms with Crippen LogP contribution in [0.25, 0.3) is 0 Å². The van der Waals surface area contributed by atoms with Gasteiger partial charge in [-0.15, -0.1) is 11.6 Å². The first kappa shape index (κ1) is 14.7. The molecule has 1 aromatic carbocycles. The number of halogens is 3. The lowest BCUT2D eigenvalue weighted by Gasteiger charge is -2.09. The predicted molar refractivity (Wildman–Crippen MR) is 63.5 cm³/mol. The van der Waals surface area contributed by atoms with Gasteiger partial charge in [0.1, 0.15) is 12.4 Å². The van der Waals surface area contributed by atoms with Gasteiger partial charge >= 0.3 is 11.7 Å². The van der Waals surface area contributed by atoms with Crippen LogP contribution in [0.4, 0.5) is 10.1 Å². The van der Waals surface area contributed by atoms with Gasteiger partial charge in [0.05, 0.1) is 9.40 Å². The highest BCUT2D eigenvalue weighted by molar-refractivity contribution is 9.10. The third kappa shape index (κ3) is 3.54. The van der Waals surface area contributed by atoms with E-state index in [1.165, 1.54) is 0 Å². The van der Waals surface area contributed by atoms with Crippen molar-refractivity contribution in [2.24, 2.45) is 0 Å². The molecule has 0 aliphatic carbocycles. The molecule has 0 radical (unpaired) electrons. The van der Waals surface area contributed by atoms with E-state index >= 15 is 0 Å². The van der Waals surface area contributed by atoms with E-state index in [2.05, 4.69) is 15.9 Å². The van der Waals surface area contributed by atoms with E-state index in [1.54, 1.807) is 0 Å². The molecule has 0 fully saturated rings. The lowest BCUT2D eigenvalue weighted by molar-refractivity contribution is -0.386. The molecule has 1 unspecified atom stereocenters. The Morgan fingerprint density at radius 3 is 2.78 bits per heavy atom. The van der Waals surface area contributed by atoms with Gasteiger partial charge in [-0.05, 0) is 15.9 Å². The summed E-state index contributed by atoms with van der Waals surface area (Å²) < 4.78 is 18.0. The number of ether oxygens (including phenoxy) is 1. The predicted octanol–water partition coefficient (Wildman–Crippen LogP) is 2.57. The Bertz CT molecular complexity index is 498. The maximum Gasteiger partial charge on any atom is 0.325 e. The highest BCUT2D eigenvalue weighted by atomic mass is 79.9. The molecule has 0 saturated carbocycles. The zero-order chi connectivity index (χ0) is 13.9. The molecule has 0 spiro atoms. The van der Waals surface area contributed by atoms with Crippen LogP contribution in [-0.4, -0.2) is 28.0 Å². The van der Waals surface area contributed by atoms with Gasteiger partial charge in [-0.3, -0.25) is 14.9 Å². The summed E-state index contributed by atoms with van der Waals surface area (Å²) in [5.74, 6) is -2.48. The molecule has 0 amide bonds. The number of carboxylic acids is 1. The van der Waals surface area contributed by atoms with Gasteiger partial charge in [0.25, 0.3) is 0 Å². The van der Waals surface area contributed by atoms with Crippen LogP contribution in [0.3, 0.4) is 0 Å². The smallest absolute Gasteiger partial charge is 0.325 e. The Balaban J connectivity index is 2.97. The van der Waals surface area contributed by atoms with Crippen LogP contribution < -0.4 is 4.74 Å². The van der Waals surface area contributed by atoms with Crippen molar-refractivity contribution < 1.29 is 24.0 Å². The molecule has 1 aromatic rings. The van der Waals surface area contributed by atoms with Crippen LogP contribution in [-0.2, 0) is 4.79 Å². The first-order valence-corrected chi connectivity index (χ1v) is 5.69. The van der Waals surface area contributed by atoms with E-state index in [4.69, 9.17) is 21.4 Å². The average Bonchev–Trinajstić information content (AvgIpc) is 2.29. The second-order valence-corrected chi connectivity index (χ2v) is 4.49. The number of benzene rings is 1. The fourth-order valence-corrected chi connectivity index (χ4v) is 1.40. The minimum absolute atomic E-state index is 0.0952. The summed E-state index contributed by atoms with van der Waals surface area (Å²) in [5, 5.41) is 17.8. The van der Waals surface area contributed by atoms with Crippen LogP contribution >= 0.6 is 27.5 Å². The largest absolute Gasteiger partial charge is 0.485 e. The lowest BCUT2D eigenvalue weighted by atomic mass is 10.3. The van der Waals surface area contributed by atoms with Crippen molar-refractivity contribution in [2.75, 3.05) is 6.61 Å². The first-order valence-electron chi connectivity index (χ1n) is 4.46. The van der Waals surface area contributed by atoms with Gasteiger partial charge in [0, 0.05) is 12.1 Å². The second kappa shape index (κ2) is 5.96. The van der Waals surface area contributed by atoms with Crippen molar-refractivity contribution in [1.29, 1.82) is 0 Å². The van der Waals surface area contributed by atoms with E-state index in [1.807, 2.05) is 0 Å². The number of aliphatic carboxylic acids is 1. The van der Waals surface area contributed by atoms with Crippen molar-refractivity contribution >= 4 is 39.2 Å². The second-order valence-electron chi connectivity index (χ2n) is 3.11. The van der Waals surface area contributed by atoms with E-state index in [0.29, 0.717) is 0 Å². The molecule has 18 heavy (non-hydrogen) atoms. The summed E-state index contributed by atoms with van der Waals surface area (Å²) in [6, 6.07) is 1.71. The summed E-state index contributed by atoms with van der Waals surface area (Å²) in [6.45, 7) is -0.515. The number of hydrogen-bond acceptors (Lipinski definition) is 4. The van der Waals surface area contributed by atoms with Crippen LogP contribution in [0.1, 0.15) is 0 Å². The molecule has 0 aliphatic rings. The van der Waals surface area contributed by atoms with Crippen LogP contribution in [0.2, 0.25) is 0 Å². The molecule has 1 N–H and O–H groups in total. The Morgan fingerprint density at radius 1 is 1.67 bits per heavy atom. The van der Waals surface area contributed by atoms with Crippen molar-refractivity contribution in [1.82, 2.24) is 0 Å². The summed E-state index contributed by atoms with van der Waals surface area (Å²) in [4.78, 5) is 20.4. The van der Waals surface area contributed by atoms with E-state index in [-0.39, 0.29) is 10.2 Å². The average molecular weight is 343 g/mol. The number of hydrogen-bond donors (Lipinski definition) is 1. The van der Waals surface area contributed by atoms with Crippen molar-refractivity contribution in [3.63, 3.8) is 0 Å². The lowest BCUT2D eigenvalue weighted by Crippen LogP contribution is -2.21. The molecule has 0 saturated heterocycles. The number of carboxylic acid groups (broad SMARTS) is 1. The molecule has 0 aromatic heterocycles. The van der Waals surface area contributed by atoms with Gasteiger partial charge in [0.2, 0.25) is 0 Å². The molecule has 1 rings (SSSR count). The van der Waals surface area contributed by atoms with E-state index < -0.39 is 34.4 Å². The fourth-order valence-electron chi connectivity index (χ4n) is 1.01. The number of carbonyl (C=O) groups is 1. The Kier molecular flexibility index (Phi) is 4.85. The molecule has 0 bridgehead atoms. The maximum absolute atomic E-state index is 13.2. The molecule has 0 aliphatic heterocycles. The van der Waals surface area contributed by atoms with Gasteiger partial charge in [-0.2, -0.15) is 0 Å². The number of nitrogens with zero attached hydrogens (tertiary/aromatic N) is 1. The van der Waals surface area contributed by atoms with Gasteiger partial charge < -0.3 is 9.84 Å². The molecule has 6 nitrogen and oxygen atoms in total. The third-order valence-electron chi connectivity index (χ3n) is 1.85.